The number of amides is 1. The van der Waals surface area contributed by atoms with Crippen LogP contribution in [0.4, 0.5) is 0 Å². The molecule has 1 fully saturated rings. The molecule has 1 aromatic heterocycles. The van der Waals surface area contributed by atoms with Crippen LogP contribution >= 0.6 is 11.8 Å². The van der Waals surface area contributed by atoms with Crippen molar-refractivity contribution in [2.24, 2.45) is 0 Å². The Balaban J connectivity index is 1.77. The Morgan fingerprint density at radius 1 is 1.24 bits per heavy atom. The Labute approximate surface area is 152 Å². The van der Waals surface area contributed by atoms with Crippen LogP contribution in [0.5, 0.6) is 0 Å². The lowest BCUT2D eigenvalue weighted by Crippen LogP contribution is -2.48. The fourth-order valence-electron chi connectivity index (χ4n) is 3.14. The van der Waals surface area contributed by atoms with Crippen LogP contribution in [-0.4, -0.2) is 41.3 Å². The van der Waals surface area contributed by atoms with Gasteiger partial charge < -0.3 is 14.2 Å². The zero-order valence-corrected chi connectivity index (χ0v) is 15.9. The van der Waals surface area contributed by atoms with Crippen LogP contribution in [0.1, 0.15) is 41.2 Å². The molecule has 1 aromatic carbocycles. The topological polar surface area (TPSA) is 55.6 Å². The maximum absolute atomic E-state index is 13.0. The second kappa shape index (κ2) is 7.62. The van der Waals surface area contributed by atoms with E-state index in [0.717, 1.165) is 33.2 Å². The fourth-order valence-corrected chi connectivity index (χ4v) is 4.34. The second-order valence-electron chi connectivity index (χ2n) is 6.56. The van der Waals surface area contributed by atoms with Gasteiger partial charge in [-0.15, -0.1) is 11.8 Å². The molecule has 0 radical (unpaired) electrons. The Bertz CT molecular complexity index is 729. The summed E-state index contributed by atoms with van der Waals surface area (Å²) in [5.74, 6) is 1.65. The molecule has 0 saturated carbocycles. The van der Waals surface area contributed by atoms with Gasteiger partial charge in [0, 0.05) is 29.3 Å². The fraction of sp³-hybridized carbons (Fsp3) is 0.474. The average Bonchev–Trinajstić information content (AvgIpc) is 2.90. The molecule has 0 N–H and O–H groups in total. The Morgan fingerprint density at radius 3 is 2.56 bits per heavy atom. The molecule has 25 heavy (non-hydrogen) atoms. The monoisotopic (exact) mass is 360 g/mol. The normalized spacial score (nSPS) is 20.7. The van der Waals surface area contributed by atoms with Gasteiger partial charge in [-0.3, -0.25) is 4.79 Å². The maximum atomic E-state index is 13.0. The van der Waals surface area contributed by atoms with Crippen LogP contribution in [-0.2, 0) is 10.5 Å². The predicted octanol–water partition coefficient (Wildman–Crippen LogP) is 3.83. The molecule has 0 bridgehead atoms. The average molecular weight is 360 g/mol. The molecule has 2 aromatic rings. The zero-order chi connectivity index (χ0) is 18.0. The van der Waals surface area contributed by atoms with Crippen molar-refractivity contribution < 1.29 is 14.1 Å². The third-order valence-corrected chi connectivity index (χ3v) is 5.48. The predicted molar refractivity (Wildman–Crippen MR) is 97.9 cm³/mol. The van der Waals surface area contributed by atoms with Crippen molar-refractivity contribution in [2.75, 3.05) is 13.1 Å². The van der Waals surface area contributed by atoms with E-state index in [-0.39, 0.29) is 18.1 Å². The SMILES string of the molecule is Cc1noc(C)c1CSc1ccccc1C(=O)N1C[C@H](C)O[C@@H](C)C1. The van der Waals surface area contributed by atoms with Gasteiger partial charge in [0.15, 0.2) is 0 Å². The lowest BCUT2D eigenvalue weighted by atomic mass is 10.1. The van der Waals surface area contributed by atoms with E-state index in [0.29, 0.717) is 13.1 Å². The summed E-state index contributed by atoms with van der Waals surface area (Å²) in [6, 6.07) is 7.80. The molecular weight excluding hydrogens is 336 g/mol. The van der Waals surface area contributed by atoms with E-state index >= 15 is 0 Å². The molecule has 5 nitrogen and oxygen atoms in total. The molecule has 1 aliphatic rings. The molecule has 6 heteroatoms. The first-order chi connectivity index (χ1) is 12.0. The Hall–Kier alpha value is -1.79. The number of rotatable bonds is 4. The molecule has 3 rings (SSSR count). The maximum Gasteiger partial charge on any atom is 0.255 e. The minimum Gasteiger partial charge on any atom is -0.372 e. The molecule has 2 heterocycles. The molecule has 0 spiro atoms. The lowest BCUT2D eigenvalue weighted by Gasteiger charge is -2.35. The van der Waals surface area contributed by atoms with E-state index in [9.17, 15) is 4.79 Å². The van der Waals surface area contributed by atoms with Crippen LogP contribution in [0.2, 0.25) is 0 Å². The number of carbonyl (C=O) groups excluding carboxylic acids is 1. The highest BCUT2D eigenvalue weighted by atomic mass is 32.2. The molecule has 0 aliphatic carbocycles. The number of nitrogens with zero attached hydrogens (tertiary/aromatic N) is 2. The van der Waals surface area contributed by atoms with Gasteiger partial charge in [-0.25, -0.2) is 0 Å². The highest BCUT2D eigenvalue weighted by Crippen LogP contribution is 2.30. The number of thioether (sulfide) groups is 1. The highest BCUT2D eigenvalue weighted by molar-refractivity contribution is 7.98. The van der Waals surface area contributed by atoms with Gasteiger partial charge in [0.2, 0.25) is 0 Å². The third-order valence-electron chi connectivity index (χ3n) is 4.38. The van der Waals surface area contributed by atoms with Gasteiger partial charge in [-0.05, 0) is 39.8 Å². The number of ether oxygens (including phenoxy) is 1. The van der Waals surface area contributed by atoms with Crippen molar-refractivity contribution in [3.63, 3.8) is 0 Å². The Morgan fingerprint density at radius 2 is 1.92 bits per heavy atom. The Kier molecular flexibility index (Phi) is 5.49. The van der Waals surface area contributed by atoms with Gasteiger partial charge in [0.05, 0.1) is 23.5 Å². The summed E-state index contributed by atoms with van der Waals surface area (Å²) in [6.45, 7) is 9.14. The third kappa shape index (κ3) is 4.07. The number of carbonyl (C=O) groups is 1. The molecule has 134 valence electrons. The minimum absolute atomic E-state index is 0.0646. The second-order valence-corrected chi connectivity index (χ2v) is 7.57. The van der Waals surface area contributed by atoms with Crippen molar-refractivity contribution >= 4 is 17.7 Å². The number of hydrogen-bond acceptors (Lipinski definition) is 5. The first-order valence-electron chi connectivity index (χ1n) is 8.54. The summed E-state index contributed by atoms with van der Waals surface area (Å²) < 4.78 is 11.0. The number of hydrogen-bond donors (Lipinski definition) is 0. The number of benzene rings is 1. The van der Waals surface area contributed by atoms with Gasteiger partial charge in [0.1, 0.15) is 5.76 Å². The van der Waals surface area contributed by atoms with E-state index in [1.807, 2.05) is 56.9 Å². The summed E-state index contributed by atoms with van der Waals surface area (Å²) in [7, 11) is 0. The minimum atomic E-state index is 0.0646. The number of aryl methyl sites for hydroxylation is 2. The van der Waals surface area contributed by atoms with Crippen LogP contribution in [0, 0.1) is 13.8 Å². The van der Waals surface area contributed by atoms with Gasteiger partial charge in [-0.2, -0.15) is 0 Å². The van der Waals surface area contributed by atoms with Crippen LogP contribution in [0.25, 0.3) is 0 Å². The molecular formula is C19H24N2O3S. The molecule has 1 aliphatic heterocycles. The van der Waals surface area contributed by atoms with E-state index < -0.39 is 0 Å². The number of morpholine rings is 1. The molecule has 0 unspecified atom stereocenters. The van der Waals surface area contributed by atoms with Gasteiger partial charge in [-0.1, -0.05) is 17.3 Å². The lowest BCUT2D eigenvalue weighted by molar-refractivity contribution is -0.0586. The van der Waals surface area contributed by atoms with Gasteiger partial charge in [0.25, 0.3) is 5.91 Å². The smallest absolute Gasteiger partial charge is 0.255 e. The van der Waals surface area contributed by atoms with Crippen LogP contribution in [0.15, 0.2) is 33.7 Å². The van der Waals surface area contributed by atoms with E-state index in [4.69, 9.17) is 9.26 Å². The largest absolute Gasteiger partial charge is 0.372 e. The van der Waals surface area contributed by atoms with E-state index in [1.54, 1.807) is 11.8 Å². The van der Waals surface area contributed by atoms with Crippen molar-refractivity contribution in [1.29, 1.82) is 0 Å². The van der Waals surface area contributed by atoms with E-state index in [1.165, 1.54) is 0 Å². The molecule has 1 amide bonds. The van der Waals surface area contributed by atoms with Crippen molar-refractivity contribution in [1.82, 2.24) is 10.1 Å². The van der Waals surface area contributed by atoms with E-state index in [2.05, 4.69) is 5.16 Å². The van der Waals surface area contributed by atoms with Gasteiger partial charge >= 0.3 is 0 Å². The summed E-state index contributed by atoms with van der Waals surface area (Å²) >= 11 is 1.65. The summed E-state index contributed by atoms with van der Waals surface area (Å²) in [4.78, 5) is 15.9. The highest BCUT2D eigenvalue weighted by Gasteiger charge is 2.27. The molecule has 1 saturated heterocycles. The van der Waals surface area contributed by atoms with Crippen molar-refractivity contribution in [2.45, 2.75) is 50.6 Å². The van der Waals surface area contributed by atoms with Crippen molar-refractivity contribution in [3.8, 4) is 0 Å². The van der Waals surface area contributed by atoms with Crippen molar-refractivity contribution in [3.05, 3.63) is 46.8 Å². The van der Waals surface area contributed by atoms with Crippen LogP contribution < -0.4 is 0 Å². The van der Waals surface area contributed by atoms with Crippen LogP contribution in [0.3, 0.4) is 0 Å². The molecule has 2 atom stereocenters. The summed E-state index contributed by atoms with van der Waals surface area (Å²) in [6.07, 6.45) is 0.129. The number of aromatic nitrogens is 1. The first-order valence-corrected chi connectivity index (χ1v) is 9.52. The quantitative estimate of drug-likeness (QED) is 0.776. The first kappa shape index (κ1) is 18.0. The zero-order valence-electron chi connectivity index (χ0n) is 15.1. The standard InChI is InChI=1S/C19H24N2O3S/c1-12-9-21(10-13(2)23-12)19(22)16-7-5-6-8-18(16)25-11-17-14(3)20-24-15(17)4/h5-8,12-13H,9-11H2,1-4H3/t12-,13-/m0/s1. The summed E-state index contributed by atoms with van der Waals surface area (Å²) in [5.41, 5.74) is 2.76. The summed E-state index contributed by atoms with van der Waals surface area (Å²) in [5, 5.41) is 4.00.